The summed E-state index contributed by atoms with van der Waals surface area (Å²) in [6.07, 6.45) is 2.93. The van der Waals surface area contributed by atoms with Gasteiger partial charge in [-0.15, -0.1) is 0 Å². The van der Waals surface area contributed by atoms with Gasteiger partial charge in [-0.05, 0) is 36.2 Å². The van der Waals surface area contributed by atoms with Crippen LogP contribution in [0.1, 0.15) is 36.7 Å². The van der Waals surface area contributed by atoms with Crippen molar-refractivity contribution in [2.45, 2.75) is 31.5 Å². The van der Waals surface area contributed by atoms with Gasteiger partial charge in [0.1, 0.15) is 11.8 Å². The Labute approximate surface area is 157 Å². The highest BCUT2D eigenvalue weighted by Crippen LogP contribution is 2.49. The lowest BCUT2D eigenvalue weighted by atomic mass is 9.95. The second kappa shape index (κ2) is 6.89. The molecule has 0 unspecified atom stereocenters. The molecule has 1 aromatic carbocycles. The Bertz CT molecular complexity index is 799. The molecule has 0 saturated carbocycles. The van der Waals surface area contributed by atoms with Gasteiger partial charge in [0, 0.05) is 18.0 Å². The van der Waals surface area contributed by atoms with E-state index in [2.05, 4.69) is 28.9 Å². The van der Waals surface area contributed by atoms with E-state index in [1.54, 1.807) is 7.11 Å². The third kappa shape index (κ3) is 2.89. The monoisotopic (exact) mass is 373 g/mol. The van der Waals surface area contributed by atoms with Gasteiger partial charge in [0.25, 0.3) is 0 Å². The van der Waals surface area contributed by atoms with Crippen molar-refractivity contribution < 1.29 is 4.74 Å². The Kier molecular flexibility index (Phi) is 4.61. The summed E-state index contributed by atoms with van der Waals surface area (Å²) in [6, 6.07) is 12.7. The average molecular weight is 374 g/mol. The van der Waals surface area contributed by atoms with Crippen molar-refractivity contribution in [3.05, 3.63) is 58.9 Å². The molecule has 2 aliphatic rings. The Morgan fingerprint density at radius 2 is 2.20 bits per heavy atom. The highest BCUT2D eigenvalue weighted by atomic mass is 35.5. The third-order valence-corrected chi connectivity index (χ3v) is 6.27. The average Bonchev–Trinajstić information content (AvgIpc) is 3.21. The van der Waals surface area contributed by atoms with Gasteiger partial charge in [-0.25, -0.2) is 0 Å². The zero-order valence-electron chi connectivity index (χ0n) is 14.2. The number of amidine groups is 1. The molecule has 0 spiro atoms. The minimum Gasteiger partial charge on any atom is -0.495 e. The molecule has 3 heterocycles. The predicted molar refractivity (Wildman–Crippen MR) is 104 cm³/mol. The maximum absolute atomic E-state index is 6.41. The molecule has 0 bridgehead atoms. The zero-order valence-corrected chi connectivity index (χ0v) is 15.8. The van der Waals surface area contributed by atoms with Crippen molar-refractivity contribution in [2.75, 3.05) is 12.9 Å². The van der Waals surface area contributed by atoms with E-state index in [4.69, 9.17) is 21.3 Å². The first-order valence-electron chi connectivity index (χ1n) is 8.46. The maximum atomic E-state index is 6.41. The number of benzene rings is 1. The molecule has 4 rings (SSSR count). The number of aromatic nitrogens is 1. The van der Waals surface area contributed by atoms with Crippen LogP contribution in [0.25, 0.3) is 0 Å². The number of nitrogens with zero attached hydrogens (tertiary/aromatic N) is 3. The predicted octanol–water partition coefficient (Wildman–Crippen LogP) is 4.72. The Morgan fingerprint density at radius 1 is 1.32 bits per heavy atom. The van der Waals surface area contributed by atoms with Crippen molar-refractivity contribution in [1.29, 1.82) is 0 Å². The second-order valence-electron chi connectivity index (χ2n) is 6.23. The van der Waals surface area contributed by atoms with E-state index < -0.39 is 0 Å². The highest BCUT2D eigenvalue weighted by molar-refractivity contribution is 8.14. The standard InChI is InChI=1S/C19H20ClN3OS/c1-3-13-11-25-19-22-17(15-6-4-5-9-21-15)18(23(13)19)12-7-8-16(24-2)14(20)10-12/h4-10,13,17-18H,3,11H2,1-2H3/t13-,17-,18+/m0/s1. The van der Waals surface area contributed by atoms with Gasteiger partial charge in [-0.2, -0.15) is 0 Å². The van der Waals surface area contributed by atoms with Crippen molar-refractivity contribution in [3.63, 3.8) is 0 Å². The van der Waals surface area contributed by atoms with Crippen LogP contribution in [-0.4, -0.2) is 34.0 Å². The molecule has 4 nitrogen and oxygen atoms in total. The van der Waals surface area contributed by atoms with Crippen LogP contribution in [0.4, 0.5) is 0 Å². The minimum atomic E-state index is -0.0116. The van der Waals surface area contributed by atoms with E-state index in [0.29, 0.717) is 16.8 Å². The molecule has 0 radical (unpaired) electrons. The van der Waals surface area contributed by atoms with Crippen LogP contribution in [-0.2, 0) is 0 Å². The fraction of sp³-hybridized carbons (Fsp3) is 0.368. The summed E-state index contributed by atoms with van der Waals surface area (Å²) >= 11 is 8.26. The number of hydrogen-bond donors (Lipinski definition) is 0. The number of halogens is 1. The molecule has 1 fully saturated rings. The molecule has 3 atom stereocenters. The van der Waals surface area contributed by atoms with Crippen molar-refractivity contribution in [3.8, 4) is 5.75 Å². The van der Waals surface area contributed by atoms with E-state index in [9.17, 15) is 0 Å². The van der Waals surface area contributed by atoms with E-state index in [-0.39, 0.29) is 12.1 Å². The molecular formula is C19H20ClN3OS. The summed E-state index contributed by atoms with van der Waals surface area (Å²) in [7, 11) is 1.64. The summed E-state index contributed by atoms with van der Waals surface area (Å²) < 4.78 is 5.31. The first-order chi connectivity index (χ1) is 12.2. The zero-order chi connectivity index (χ0) is 17.4. The van der Waals surface area contributed by atoms with Crippen LogP contribution in [0.5, 0.6) is 5.75 Å². The summed E-state index contributed by atoms with van der Waals surface area (Å²) in [5.74, 6) is 1.78. The molecule has 2 aliphatic heterocycles. The Morgan fingerprint density at radius 3 is 2.88 bits per heavy atom. The summed E-state index contributed by atoms with van der Waals surface area (Å²) in [4.78, 5) is 12.0. The van der Waals surface area contributed by atoms with Crippen molar-refractivity contribution in [2.24, 2.45) is 4.99 Å². The lowest BCUT2D eigenvalue weighted by molar-refractivity contribution is 0.255. The number of thioether (sulfide) groups is 1. The number of aliphatic imine (C=N–C) groups is 1. The Balaban J connectivity index is 1.79. The lowest BCUT2D eigenvalue weighted by Gasteiger charge is -2.32. The molecule has 0 N–H and O–H groups in total. The largest absolute Gasteiger partial charge is 0.495 e. The van der Waals surface area contributed by atoms with Crippen molar-refractivity contribution in [1.82, 2.24) is 9.88 Å². The molecule has 130 valence electrons. The molecule has 1 aromatic heterocycles. The van der Waals surface area contributed by atoms with Crippen LogP contribution in [0.15, 0.2) is 47.6 Å². The summed E-state index contributed by atoms with van der Waals surface area (Å²) in [6.45, 7) is 2.24. The van der Waals surface area contributed by atoms with E-state index >= 15 is 0 Å². The van der Waals surface area contributed by atoms with Gasteiger partial charge >= 0.3 is 0 Å². The van der Waals surface area contributed by atoms with Gasteiger partial charge < -0.3 is 9.64 Å². The highest BCUT2D eigenvalue weighted by Gasteiger charge is 2.45. The number of methoxy groups -OCH3 is 1. The van der Waals surface area contributed by atoms with Crippen molar-refractivity contribution >= 4 is 28.5 Å². The van der Waals surface area contributed by atoms with E-state index in [1.165, 1.54) is 0 Å². The Hall–Kier alpha value is -1.72. The maximum Gasteiger partial charge on any atom is 0.160 e. The quantitative estimate of drug-likeness (QED) is 0.776. The lowest BCUT2D eigenvalue weighted by Crippen LogP contribution is -2.35. The first kappa shape index (κ1) is 16.7. The number of pyridine rings is 1. The van der Waals surface area contributed by atoms with Gasteiger partial charge in [-0.3, -0.25) is 9.98 Å². The first-order valence-corrected chi connectivity index (χ1v) is 9.82. The molecule has 2 aromatic rings. The SMILES string of the molecule is CC[C@H]1CSC2=N[C@@H](c3ccccn3)[C@@H](c3ccc(OC)c(Cl)c3)N21. The molecule has 1 saturated heterocycles. The van der Waals surface area contributed by atoms with Gasteiger partial charge in [0.2, 0.25) is 0 Å². The van der Waals surface area contributed by atoms with Crippen LogP contribution in [0.3, 0.4) is 0 Å². The van der Waals surface area contributed by atoms with Crippen LogP contribution >= 0.6 is 23.4 Å². The number of ether oxygens (including phenoxy) is 1. The molecule has 6 heteroatoms. The van der Waals surface area contributed by atoms with E-state index in [0.717, 1.165) is 28.6 Å². The third-order valence-electron chi connectivity index (χ3n) is 4.85. The molecule has 0 aliphatic carbocycles. The summed E-state index contributed by atoms with van der Waals surface area (Å²) in [5.41, 5.74) is 2.15. The fourth-order valence-corrected chi connectivity index (χ4v) is 5.18. The normalized spacial score (nSPS) is 25.0. The number of rotatable bonds is 4. The number of hydrogen-bond acceptors (Lipinski definition) is 5. The topological polar surface area (TPSA) is 37.7 Å². The van der Waals surface area contributed by atoms with Gasteiger partial charge in [0.05, 0.1) is 23.9 Å². The van der Waals surface area contributed by atoms with E-state index in [1.807, 2.05) is 42.2 Å². The minimum absolute atomic E-state index is 0.0116. The smallest absolute Gasteiger partial charge is 0.160 e. The van der Waals surface area contributed by atoms with Crippen LogP contribution in [0, 0.1) is 0 Å². The second-order valence-corrected chi connectivity index (χ2v) is 7.62. The summed E-state index contributed by atoms with van der Waals surface area (Å²) in [5, 5.41) is 1.76. The fourth-order valence-electron chi connectivity index (χ4n) is 3.58. The molecular weight excluding hydrogens is 354 g/mol. The number of fused-ring (bicyclic) bond motifs is 1. The molecule has 25 heavy (non-hydrogen) atoms. The van der Waals surface area contributed by atoms with Crippen LogP contribution < -0.4 is 4.74 Å². The molecule has 0 amide bonds. The van der Waals surface area contributed by atoms with Gasteiger partial charge in [-0.1, -0.05) is 42.4 Å². The van der Waals surface area contributed by atoms with Crippen LogP contribution in [0.2, 0.25) is 5.02 Å². The van der Waals surface area contributed by atoms with Gasteiger partial charge in [0.15, 0.2) is 5.17 Å².